The first-order chi connectivity index (χ1) is 9.50. The van der Waals surface area contributed by atoms with Crippen LogP contribution in [0.1, 0.15) is 17.4 Å². The van der Waals surface area contributed by atoms with Gasteiger partial charge in [-0.25, -0.2) is 8.78 Å². The zero-order valence-electron chi connectivity index (χ0n) is 10.1. The Morgan fingerprint density at radius 2 is 1.60 bits per heavy atom. The summed E-state index contributed by atoms with van der Waals surface area (Å²) in [5.41, 5.74) is -0.260. The lowest BCUT2D eigenvalue weighted by atomic mass is 10.2. The molecule has 0 spiro atoms. The van der Waals surface area contributed by atoms with Crippen LogP contribution in [-0.2, 0) is 16.5 Å². The molecule has 1 radical (unpaired) electrons. The van der Waals surface area contributed by atoms with Gasteiger partial charge >= 0.3 is 0 Å². The van der Waals surface area contributed by atoms with E-state index in [1.165, 1.54) is 30.3 Å². The molecule has 0 N–H and O–H groups in total. The third-order valence-corrected chi connectivity index (χ3v) is 3.36. The molecule has 2 aromatic carbocycles. The summed E-state index contributed by atoms with van der Waals surface area (Å²) in [4.78, 5) is 0. The largest absolute Gasteiger partial charge is 0.341 e. The van der Waals surface area contributed by atoms with E-state index in [0.29, 0.717) is 0 Å². The number of rotatable bonds is 4. The summed E-state index contributed by atoms with van der Waals surface area (Å²) in [5.74, 6) is -1.36. The van der Waals surface area contributed by atoms with E-state index < -0.39 is 17.9 Å². The first-order valence-corrected chi connectivity index (χ1v) is 6.40. The van der Waals surface area contributed by atoms with Gasteiger partial charge in [0.15, 0.2) is 0 Å². The third-order valence-electron chi connectivity index (χ3n) is 2.68. The van der Waals surface area contributed by atoms with Gasteiger partial charge in [0, 0.05) is 10.6 Å². The molecular formula is C14H9Cl2F2O2. The molecule has 2 rings (SSSR count). The number of hydrogen-bond donors (Lipinski definition) is 0. The van der Waals surface area contributed by atoms with Gasteiger partial charge in [-0.2, -0.15) is 5.11 Å². The van der Waals surface area contributed by atoms with Gasteiger partial charge in [-0.15, -0.1) is 0 Å². The van der Waals surface area contributed by atoms with Crippen LogP contribution in [0.4, 0.5) is 8.78 Å². The lowest BCUT2D eigenvalue weighted by Crippen LogP contribution is -2.06. The Morgan fingerprint density at radius 1 is 1.00 bits per heavy atom. The Hall–Kier alpha value is -1.20. The van der Waals surface area contributed by atoms with Crippen LogP contribution in [0.5, 0.6) is 0 Å². The molecular weight excluding hydrogens is 309 g/mol. The van der Waals surface area contributed by atoms with Crippen molar-refractivity contribution in [2.45, 2.75) is 12.9 Å². The van der Waals surface area contributed by atoms with Crippen molar-refractivity contribution in [2.24, 2.45) is 0 Å². The van der Waals surface area contributed by atoms with Crippen molar-refractivity contribution in [3.05, 3.63) is 69.2 Å². The highest BCUT2D eigenvalue weighted by Crippen LogP contribution is 2.29. The summed E-state index contributed by atoms with van der Waals surface area (Å²) in [7, 11) is 0. The van der Waals surface area contributed by atoms with Crippen LogP contribution in [0.15, 0.2) is 36.4 Å². The van der Waals surface area contributed by atoms with E-state index in [1.807, 2.05) is 0 Å². The average molecular weight is 318 g/mol. The van der Waals surface area contributed by atoms with Crippen molar-refractivity contribution >= 4 is 23.2 Å². The fraction of sp³-hybridized carbons (Fsp3) is 0.143. The monoisotopic (exact) mass is 317 g/mol. The van der Waals surface area contributed by atoms with Crippen molar-refractivity contribution < 1.29 is 18.6 Å². The Morgan fingerprint density at radius 3 is 2.20 bits per heavy atom. The summed E-state index contributed by atoms with van der Waals surface area (Å²) < 4.78 is 31.9. The second-order valence-electron chi connectivity index (χ2n) is 3.98. The third kappa shape index (κ3) is 3.27. The fourth-order valence-electron chi connectivity index (χ4n) is 1.65. The molecule has 0 bridgehead atoms. The van der Waals surface area contributed by atoms with Crippen molar-refractivity contribution in [1.29, 1.82) is 0 Å². The van der Waals surface area contributed by atoms with Crippen LogP contribution in [-0.4, -0.2) is 0 Å². The van der Waals surface area contributed by atoms with Crippen LogP contribution in [0.2, 0.25) is 10.0 Å². The van der Waals surface area contributed by atoms with Gasteiger partial charge in [0.05, 0.1) is 17.2 Å². The van der Waals surface area contributed by atoms with E-state index in [2.05, 4.69) is 0 Å². The minimum Gasteiger partial charge on any atom is -0.341 e. The minimum absolute atomic E-state index is 0.0374. The van der Waals surface area contributed by atoms with Gasteiger partial charge in [-0.3, -0.25) is 0 Å². The van der Waals surface area contributed by atoms with Crippen molar-refractivity contribution in [2.75, 3.05) is 0 Å². The molecule has 0 aromatic heterocycles. The maximum absolute atomic E-state index is 13.5. The molecule has 0 fully saturated rings. The first-order valence-electron chi connectivity index (χ1n) is 5.65. The van der Waals surface area contributed by atoms with Gasteiger partial charge < -0.3 is 4.74 Å². The maximum atomic E-state index is 13.5. The van der Waals surface area contributed by atoms with E-state index in [1.54, 1.807) is 0 Å². The smallest absolute Gasteiger partial charge is 0.222 e. The molecule has 0 aliphatic rings. The van der Waals surface area contributed by atoms with Gasteiger partial charge in [0.1, 0.15) is 11.6 Å². The lowest BCUT2D eigenvalue weighted by molar-refractivity contribution is -0.154. The first kappa shape index (κ1) is 15.2. The van der Waals surface area contributed by atoms with Crippen molar-refractivity contribution in [3.63, 3.8) is 0 Å². The summed E-state index contributed by atoms with van der Waals surface area (Å²) in [6, 6.07) is 7.96. The van der Waals surface area contributed by atoms with Crippen LogP contribution in [0, 0.1) is 11.6 Å². The van der Waals surface area contributed by atoms with Crippen LogP contribution in [0.3, 0.4) is 0 Å². The second kappa shape index (κ2) is 6.50. The Kier molecular flexibility index (Phi) is 4.94. The van der Waals surface area contributed by atoms with E-state index >= 15 is 0 Å². The Labute approximate surface area is 124 Å². The van der Waals surface area contributed by atoms with Crippen LogP contribution >= 0.6 is 23.2 Å². The fourth-order valence-corrected chi connectivity index (χ4v) is 2.12. The molecule has 105 valence electrons. The molecule has 2 nitrogen and oxygen atoms in total. The van der Waals surface area contributed by atoms with Gasteiger partial charge in [0.2, 0.25) is 6.29 Å². The zero-order chi connectivity index (χ0) is 14.7. The SMILES string of the molecule is [O]C(OCc1c(F)cccc1Cl)c1c(F)cccc1Cl. The van der Waals surface area contributed by atoms with Crippen molar-refractivity contribution in [1.82, 2.24) is 0 Å². The minimum atomic E-state index is -1.86. The van der Waals surface area contributed by atoms with Crippen LogP contribution < -0.4 is 0 Å². The molecule has 0 amide bonds. The number of ether oxygens (including phenoxy) is 1. The summed E-state index contributed by atoms with van der Waals surface area (Å²) in [6.07, 6.45) is -1.86. The highest BCUT2D eigenvalue weighted by molar-refractivity contribution is 6.31. The van der Waals surface area contributed by atoms with Gasteiger partial charge in [0.25, 0.3) is 0 Å². The maximum Gasteiger partial charge on any atom is 0.222 e. The summed E-state index contributed by atoms with van der Waals surface area (Å²) >= 11 is 11.5. The Balaban J connectivity index is 2.15. The zero-order valence-corrected chi connectivity index (χ0v) is 11.6. The molecule has 1 unspecified atom stereocenters. The van der Waals surface area contributed by atoms with E-state index in [9.17, 15) is 13.9 Å². The molecule has 0 heterocycles. The van der Waals surface area contributed by atoms with E-state index in [-0.39, 0.29) is 27.8 Å². The normalized spacial score (nSPS) is 12.4. The van der Waals surface area contributed by atoms with E-state index in [0.717, 1.165) is 6.07 Å². The molecule has 6 heteroatoms. The summed E-state index contributed by atoms with van der Waals surface area (Å²) in [6.45, 7) is -0.371. The second-order valence-corrected chi connectivity index (χ2v) is 4.79. The molecule has 0 saturated carbocycles. The molecule has 1 atom stereocenters. The van der Waals surface area contributed by atoms with E-state index in [4.69, 9.17) is 27.9 Å². The van der Waals surface area contributed by atoms with Gasteiger partial charge in [-0.1, -0.05) is 35.3 Å². The summed E-state index contributed by atoms with van der Waals surface area (Å²) in [5, 5.41) is 12.0. The number of benzene rings is 2. The molecule has 0 aliphatic carbocycles. The number of halogens is 4. The highest BCUT2D eigenvalue weighted by Gasteiger charge is 2.20. The van der Waals surface area contributed by atoms with Crippen LogP contribution in [0.25, 0.3) is 0 Å². The number of hydrogen-bond acceptors (Lipinski definition) is 1. The highest BCUT2D eigenvalue weighted by atomic mass is 35.5. The average Bonchev–Trinajstić information content (AvgIpc) is 2.38. The molecule has 0 aliphatic heterocycles. The molecule has 20 heavy (non-hydrogen) atoms. The van der Waals surface area contributed by atoms with Crippen molar-refractivity contribution in [3.8, 4) is 0 Å². The quantitative estimate of drug-likeness (QED) is 0.736. The topological polar surface area (TPSA) is 29.1 Å². The standard InChI is InChI=1S/C14H9Cl2F2O2/c15-9-3-1-5-11(17)8(9)7-20-14(19)13-10(16)4-2-6-12(13)18/h1-6,14H,7H2. The molecule has 2 aromatic rings. The molecule has 0 saturated heterocycles. The van der Waals surface area contributed by atoms with Gasteiger partial charge in [-0.05, 0) is 24.3 Å². The predicted octanol–water partition coefficient (Wildman–Crippen LogP) is 4.92. The Bertz CT molecular complexity index is 580. The predicted molar refractivity (Wildman–Crippen MR) is 71.0 cm³/mol. The lowest BCUT2D eigenvalue weighted by Gasteiger charge is -2.13.